The summed E-state index contributed by atoms with van der Waals surface area (Å²) < 4.78 is 33.1. The van der Waals surface area contributed by atoms with E-state index in [2.05, 4.69) is 27.9 Å². The van der Waals surface area contributed by atoms with E-state index in [9.17, 15) is 18.0 Å². The Morgan fingerprint density at radius 3 is 2.27 bits per heavy atom. The molecule has 40 heavy (non-hydrogen) atoms. The summed E-state index contributed by atoms with van der Waals surface area (Å²) in [6, 6.07) is 22.8. The number of rotatable bonds is 14. The molecule has 0 heterocycles. The Morgan fingerprint density at radius 2 is 1.65 bits per heavy atom. The fraction of sp³-hybridized carbons (Fsp3) is 0.333. The zero-order chi connectivity index (χ0) is 29.1. The maximum absolute atomic E-state index is 14.1. The van der Waals surface area contributed by atoms with Gasteiger partial charge < -0.3 is 15.0 Å². The van der Waals surface area contributed by atoms with Gasteiger partial charge in [0.05, 0.1) is 19.1 Å². The van der Waals surface area contributed by atoms with Gasteiger partial charge >= 0.3 is 0 Å². The Hall–Kier alpha value is -3.12. The van der Waals surface area contributed by atoms with Crippen LogP contribution in [0.25, 0.3) is 0 Å². The molecular formula is C30H36IN3O5S. The largest absolute Gasteiger partial charge is 0.497 e. The number of carbonyl (C=O) groups excluding carboxylic acids is 2. The Balaban J connectivity index is 2.04. The number of unbranched alkanes of at least 4 members (excludes halogenated alkanes) is 1. The van der Waals surface area contributed by atoms with Crippen LogP contribution in [0.4, 0.5) is 5.69 Å². The molecule has 3 aromatic carbocycles. The molecule has 0 bridgehead atoms. The molecule has 0 aliphatic rings. The van der Waals surface area contributed by atoms with Crippen LogP contribution in [0.1, 0.15) is 30.9 Å². The van der Waals surface area contributed by atoms with Crippen molar-refractivity contribution in [3.8, 4) is 5.75 Å². The lowest BCUT2D eigenvalue weighted by Crippen LogP contribution is -2.53. The predicted molar refractivity (Wildman–Crippen MR) is 167 cm³/mol. The van der Waals surface area contributed by atoms with E-state index in [0.717, 1.165) is 38.1 Å². The van der Waals surface area contributed by atoms with Gasteiger partial charge in [0.15, 0.2) is 0 Å². The van der Waals surface area contributed by atoms with Crippen molar-refractivity contribution < 1.29 is 22.7 Å². The molecular weight excluding hydrogens is 641 g/mol. The first-order valence-electron chi connectivity index (χ1n) is 13.1. The number of ether oxygens (including phenoxy) is 1. The molecule has 0 aliphatic carbocycles. The SMILES string of the molecule is CCCCNC(=O)[C@H](Cc1ccccc1)N(Cc1cccc(OC)c1)C(=O)CN(c1ccc(I)cc1)S(C)(=O)=O. The van der Waals surface area contributed by atoms with Crippen molar-refractivity contribution in [2.75, 3.05) is 30.8 Å². The number of hydrogen-bond acceptors (Lipinski definition) is 5. The monoisotopic (exact) mass is 677 g/mol. The third-order valence-electron chi connectivity index (χ3n) is 6.38. The summed E-state index contributed by atoms with van der Waals surface area (Å²) >= 11 is 2.14. The molecule has 1 N–H and O–H groups in total. The summed E-state index contributed by atoms with van der Waals surface area (Å²) in [5.74, 6) is -0.152. The standard InChI is InChI=1S/C30H36IN3O5S/c1-4-5-18-32-30(36)28(20-23-10-7-6-8-11-23)33(21-24-12-9-13-27(19-24)39-2)29(35)22-34(40(3,37)38)26-16-14-25(31)15-17-26/h6-17,19,28H,4-5,18,20-22H2,1-3H3,(H,32,36)/t28-/m0/s1. The molecule has 0 radical (unpaired) electrons. The van der Waals surface area contributed by atoms with E-state index in [1.165, 1.54) is 4.90 Å². The summed E-state index contributed by atoms with van der Waals surface area (Å²) in [7, 11) is -2.24. The number of sulfonamides is 1. The second-order valence-corrected chi connectivity index (χ2v) is 12.6. The molecule has 1 atom stereocenters. The Morgan fingerprint density at radius 1 is 0.975 bits per heavy atom. The van der Waals surface area contributed by atoms with Gasteiger partial charge in [-0.25, -0.2) is 8.42 Å². The molecule has 214 valence electrons. The summed E-state index contributed by atoms with van der Waals surface area (Å²) in [5, 5.41) is 2.98. The van der Waals surface area contributed by atoms with Crippen molar-refractivity contribution in [3.63, 3.8) is 0 Å². The highest BCUT2D eigenvalue weighted by Gasteiger charge is 2.33. The van der Waals surface area contributed by atoms with Gasteiger partial charge in [-0.05, 0) is 76.5 Å². The number of halogens is 1. The first kappa shape index (κ1) is 31.4. The second-order valence-electron chi connectivity index (χ2n) is 9.47. The van der Waals surface area contributed by atoms with Crippen molar-refractivity contribution in [1.29, 1.82) is 0 Å². The molecule has 0 saturated carbocycles. The molecule has 0 saturated heterocycles. The zero-order valence-electron chi connectivity index (χ0n) is 23.0. The topological polar surface area (TPSA) is 96.0 Å². The minimum absolute atomic E-state index is 0.0963. The minimum atomic E-state index is -3.80. The number of nitrogens with one attached hydrogen (secondary N) is 1. The third kappa shape index (κ3) is 9.22. The van der Waals surface area contributed by atoms with Gasteiger partial charge in [0, 0.05) is 23.1 Å². The fourth-order valence-electron chi connectivity index (χ4n) is 4.25. The lowest BCUT2D eigenvalue weighted by atomic mass is 10.0. The van der Waals surface area contributed by atoms with Crippen LogP contribution in [0.2, 0.25) is 0 Å². The zero-order valence-corrected chi connectivity index (χ0v) is 26.0. The molecule has 8 nitrogen and oxygen atoms in total. The van der Waals surface area contributed by atoms with Crippen molar-refractivity contribution in [1.82, 2.24) is 10.2 Å². The quantitative estimate of drug-likeness (QED) is 0.199. The normalized spacial score (nSPS) is 11.9. The van der Waals surface area contributed by atoms with Crippen molar-refractivity contribution in [2.24, 2.45) is 0 Å². The van der Waals surface area contributed by atoms with Crippen LogP contribution < -0.4 is 14.4 Å². The van der Waals surface area contributed by atoms with Crippen molar-refractivity contribution >= 4 is 50.1 Å². The lowest BCUT2D eigenvalue weighted by molar-refractivity contribution is -0.140. The number of nitrogens with zero attached hydrogens (tertiary/aromatic N) is 2. The third-order valence-corrected chi connectivity index (χ3v) is 8.24. The first-order valence-corrected chi connectivity index (χ1v) is 16.0. The van der Waals surface area contributed by atoms with E-state index >= 15 is 0 Å². The van der Waals surface area contributed by atoms with Gasteiger partial charge in [-0.1, -0.05) is 55.8 Å². The van der Waals surface area contributed by atoms with Crippen molar-refractivity contribution in [2.45, 2.75) is 38.8 Å². The smallest absolute Gasteiger partial charge is 0.244 e. The van der Waals surface area contributed by atoms with Crippen molar-refractivity contribution in [3.05, 3.63) is 93.6 Å². The molecule has 0 unspecified atom stereocenters. The van der Waals surface area contributed by atoms with Gasteiger partial charge in [-0.15, -0.1) is 0 Å². The summed E-state index contributed by atoms with van der Waals surface area (Å²) in [4.78, 5) is 29.2. The number of carbonyl (C=O) groups is 2. The van der Waals surface area contributed by atoms with Gasteiger partial charge in [-0.2, -0.15) is 0 Å². The van der Waals surface area contributed by atoms with Gasteiger partial charge in [-0.3, -0.25) is 13.9 Å². The van der Waals surface area contributed by atoms with Crippen LogP contribution in [0.3, 0.4) is 0 Å². The number of methoxy groups -OCH3 is 1. The second kappa shape index (κ2) is 15.0. The predicted octanol–water partition coefficient (Wildman–Crippen LogP) is 4.62. The van der Waals surface area contributed by atoms with E-state index in [1.807, 2.05) is 55.5 Å². The maximum atomic E-state index is 14.1. The van der Waals surface area contributed by atoms with E-state index < -0.39 is 28.5 Å². The highest BCUT2D eigenvalue weighted by atomic mass is 127. The molecule has 3 rings (SSSR count). The van der Waals surface area contributed by atoms with Crippen LogP contribution in [0.15, 0.2) is 78.9 Å². The summed E-state index contributed by atoms with van der Waals surface area (Å²) in [5.41, 5.74) is 2.02. The Labute approximate surface area is 250 Å². The molecule has 0 fully saturated rings. The average molecular weight is 678 g/mol. The van der Waals surface area contributed by atoms with Crippen LogP contribution in [-0.4, -0.2) is 57.6 Å². The molecule has 0 aliphatic heterocycles. The van der Waals surface area contributed by atoms with Crippen LogP contribution >= 0.6 is 22.6 Å². The van der Waals surface area contributed by atoms with E-state index in [-0.39, 0.29) is 18.9 Å². The molecule has 0 aromatic heterocycles. The average Bonchev–Trinajstić information content (AvgIpc) is 2.94. The molecule has 3 aromatic rings. The summed E-state index contributed by atoms with van der Waals surface area (Å²) in [6.45, 7) is 2.17. The highest BCUT2D eigenvalue weighted by molar-refractivity contribution is 14.1. The van der Waals surface area contributed by atoms with Crippen LogP contribution in [0, 0.1) is 3.57 Å². The van der Waals surface area contributed by atoms with Crippen LogP contribution in [0.5, 0.6) is 5.75 Å². The highest BCUT2D eigenvalue weighted by Crippen LogP contribution is 2.22. The Kier molecular flexibility index (Phi) is 11.8. The molecule has 2 amide bonds. The minimum Gasteiger partial charge on any atom is -0.497 e. The summed E-state index contributed by atoms with van der Waals surface area (Å²) in [6.07, 6.45) is 3.07. The molecule has 0 spiro atoms. The van der Waals surface area contributed by atoms with Gasteiger partial charge in [0.1, 0.15) is 18.3 Å². The maximum Gasteiger partial charge on any atom is 0.244 e. The van der Waals surface area contributed by atoms with E-state index in [1.54, 1.807) is 37.4 Å². The lowest BCUT2D eigenvalue weighted by Gasteiger charge is -2.33. The number of hydrogen-bond donors (Lipinski definition) is 1. The van der Waals surface area contributed by atoms with E-state index in [4.69, 9.17) is 4.74 Å². The Bertz CT molecular complexity index is 1370. The van der Waals surface area contributed by atoms with Gasteiger partial charge in [0.25, 0.3) is 0 Å². The number of benzene rings is 3. The first-order chi connectivity index (χ1) is 19.1. The van der Waals surface area contributed by atoms with Crippen LogP contribution in [-0.2, 0) is 32.6 Å². The number of amides is 2. The fourth-order valence-corrected chi connectivity index (χ4v) is 5.46. The van der Waals surface area contributed by atoms with Gasteiger partial charge in [0.2, 0.25) is 21.8 Å². The van der Waals surface area contributed by atoms with E-state index in [0.29, 0.717) is 18.0 Å². The number of anilines is 1. The molecule has 10 heteroatoms.